The molecule has 3 aliphatic heterocycles. The van der Waals surface area contributed by atoms with Crippen molar-refractivity contribution in [3.05, 3.63) is 127 Å². The molecule has 3 aromatic carbocycles. The Bertz CT molecular complexity index is 4660. The standard InChI is InChI=1S/C23H22N6O5S2.C20H16ClN5O3S.C15H13N3O2S/c1-10-6-25-18-17-12-2-5-16(28-14(12)3-4-15(17)36-19(18)20(31)27-10)34-21-11(8-30)7-26-23(29-21)35-9-13(24)22(32)33;1-9-6-22-16-15-11-2-5-14(29-19-10(8-27)7-23-20(21)26-19)25-12(11)3-4-13(15)30-17(16)18(28)24-9;1-7-6-16-13-12-8-2-5-11(19)18-9(8)3-4-10(12)21-14(13)15(20)17-7/h2-5,7,10,13,25,30H,6,8-9,24H2,1H3,(H,27,31)(H,32,33);2-5,7,9,22,27H,6,8H2,1H3,(H,24,28);2-5,7,16H,6H2,1H3,(H,17,20)(H,18,19)/t10-,13+;9-;7-/m111/s1. The van der Waals surface area contributed by atoms with Crippen LogP contribution in [0.3, 0.4) is 0 Å². The van der Waals surface area contributed by atoms with Crippen LogP contribution >= 0.6 is 57.4 Å². The molecule has 0 fully saturated rings. The Hall–Kier alpha value is -8.87. The molecule has 0 bridgehead atoms. The number of nitrogens with two attached hydrogens (primary N) is 1. The first-order valence-electron chi connectivity index (χ1n) is 27.0. The van der Waals surface area contributed by atoms with Crippen LogP contribution in [0.1, 0.15) is 60.9 Å². The lowest BCUT2D eigenvalue weighted by Crippen LogP contribution is -2.34. The Morgan fingerprint density at radius 2 is 1.07 bits per heavy atom. The van der Waals surface area contributed by atoms with E-state index in [1.165, 1.54) is 52.5 Å². The lowest BCUT2D eigenvalue weighted by Gasteiger charge is -2.11. The number of fused-ring (bicyclic) bond motifs is 15. The fourth-order valence-electron chi connectivity index (χ4n) is 9.93. The van der Waals surface area contributed by atoms with Crippen LogP contribution in [0.4, 0.5) is 17.1 Å². The van der Waals surface area contributed by atoms with Crippen molar-refractivity contribution < 1.29 is 44.0 Å². The predicted molar refractivity (Wildman–Crippen MR) is 338 cm³/mol. The molecule has 87 heavy (non-hydrogen) atoms. The second-order valence-electron chi connectivity index (χ2n) is 20.4. The maximum absolute atomic E-state index is 12.6. The second-order valence-corrected chi connectivity index (χ2v) is 24.9. The molecule has 0 saturated carbocycles. The summed E-state index contributed by atoms with van der Waals surface area (Å²) in [5, 5.41) is 53.2. The van der Waals surface area contributed by atoms with Gasteiger partial charge in [-0.05, 0) is 87.0 Å². The average Bonchev–Trinajstić information content (AvgIpc) is 1.84. The minimum Gasteiger partial charge on any atom is -0.480 e. The zero-order valence-electron chi connectivity index (χ0n) is 46.1. The number of halogens is 1. The minimum atomic E-state index is -1.12. The molecule has 0 aliphatic carbocycles. The maximum atomic E-state index is 12.6. The Morgan fingerprint density at radius 1 is 0.621 bits per heavy atom. The van der Waals surface area contributed by atoms with Gasteiger partial charge in [0.1, 0.15) is 20.7 Å². The summed E-state index contributed by atoms with van der Waals surface area (Å²) in [6, 6.07) is 21.1. The van der Waals surface area contributed by atoms with Crippen LogP contribution in [0.5, 0.6) is 23.5 Å². The first-order valence-corrected chi connectivity index (χ1v) is 30.8. The largest absolute Gasteiger partial charge is 0.480 e. The van der Waals surface area contributed by atoms with E-state index in [1.54, 1.807) is 12.1 Å². The molecule has 0 spiro atoms. The normalized spacial score (nSPS) is 16.6. The number of carboxylic acids is 1. The van der Waals surface area contributed by atoms with E-state index in [-0.39, 0.29) is 88.5 Å². The van der Waals surface area contributed by atoms with Crippen molar-refractivity contribution in [3.63, 3.8) is 0 Å². The fourth-order valence-corrected chi connectivity index (χ4v) is 14.1. The molecule has 14 rings (SSSR count). The zero-order chi connectivity index (χ0) is 60.8. The number of nitrogens with one attached hydrogen (secondary N) is 7. The monoisotopic (exact) mass is 1270 g/mol. The van der Waals surface area contributed by atoms with Crippen molar-refractivity contribution in [1.82, 2.24) is 50.8 Å². The molecule has 4 atom stereocenters. The lowest BCUT2D eigenvalue weighted by molar-refractivity contribution is -0.137. The van der Waals surface area contributed by atoms with Gasteiger partial charge in [-0.1, -0.05) is 11.8 Å². The van der Waals surface area contributed by atoms with Crippen LogP contribution in [-0.2, 0) is 18.0 Å². The number of aliphatic carboxylic acids is 1. The molecule has 0 saturated heterocycles. The summed E-state index contributed by atoms with van der Waals surface area (Å²) in [5.74, 6) is -0.404. The number of aromatic nitrogens is 7. The van der Waals surface area contributed by atoms with Gasteiger partial charge in [-0.3, -0.25) is 24.0 Å². The highest BCUT2D eigenvalue weighted by molar-refractivity contribution is 7.99. The minimum absolute atomic E-state index is 0.0109. The van der Waals surface area contributed by atoms with Crippen LogP contribution in [0, 0.1) is 0 Å². The van der Waals surface area contributed by atoms with Crippen LogP contribution < -0.4 is 52.7 Å². The van der Waals surface area contributed by atoms with Gasteiger partial charge in [0.15, 0.2) is 5.16 Å². The highest BCUT2D eigenvalue weighted by atomic mass is 35.5. The smallest absolute Gasteiger partial charge is 0.321 e. The number of anilines is 3. The van der Waals surface area contributed by atoms with Crippen LogP contribution in [0.2, 0.25) is 5.28 Å². The number of carboxylic acid groups (broad SMARTS) is 1. The molecular formula is C58H51ClN14O10S4. The van der Waals surface area contributed by atoms with Crippen molar-refractivity contribution in [2.24, 2.45) is 5.73 Å². The first-order chi connectivity index (χ1) is 42.0. The molecule has 11 heterocycles. The SMILES string of the molecule is C[C@@H]1CNc2c(sc3ccc4[nH]c(=O)ccc4c23)C(=O)N1.C[C@@H]1CNc2c(sc3ccc4nc(Oc5nc(Cl)ncc5CO)ccc4c23)C(=O)N1.C[C@@H]1CNc2c(sc3ccc4nc(Oc5nc(SC[C@H](N)C(=O)O)ncc5CO)ccc4c23)C(=O)N1. The summed E-state index contributed by atoms with van der Waals surface area (Å²) < 4.78 is 14.7. The number of hydrogen-bond donors (Lipinski definition) is 11. The van der Waals surface area contributed by atoms with E-state index in [4.69, 9.17) is 31.9 Å². The van der Waals surface area contributed by atoms with E-state index >= 15 is 0 Å². The van der Waals surface area contributed by atoms with E-state index in [0.717, 1.165) is 80.8 Å². The van der Waals surface area contributed by atoms with Gasteiger partial charge in [-0.2, -0.15) is 9.97 Å². The van der Waals surface area contributed by atoms with Gasteiger partial charge in [0, 0.05) is 126 Å². The maximum Gasteiger partial charge on any atom is 0.321 e. The van der Waals surface area contributed by atoms with Gasteiger partial charge < -0.3 is 67.4 Å². The number of carbonyl (C=O) groups is 4. The van der Waals surface area contributed by atoms with Crippen molar-refractivity contribution in [3.8, 4) is 23.5 Å². The number of H-pyrrole nitrogens is 1. The van der Waals surface area contributed by atoms with Gasteiger partial charge in [0.2, 0.25) is 34.4 Å². The quantitative estimate of drug-likeness (QED) is 0.0451. The topological polar surface area (TPSA) is 356 Å². The number of carbonyl (C=O) groups excluding carboxylic acids is 3. The summed E-state index contributed by atoms with van der Waals surface area (Å²) >= 11 is 11.3. The van der Waals surface area contributed by atoms with Crippen molar-refractivity contribution in [2.45, 2.75) is 63.3 Å². The van der Waals surface area contributed by atoms with Crippen molar-refractivity contribution >= 4 is 161 Å². The summed E-state index contributed by atoms with van der Waals surface area (Å²) in [7, 11) is 0. The number of thioether (sulfide) groups is 1. The van der Waals surface area contributed by atoms with Gasteiger partial charge in [0.05, 0.1) is 52.4 Å². The number of hydrogen-bond acceptors (Lipinski definition) is 23. The third-order valence-electron chi connectivity index (χ3n) is 14.1. The van der Waals surface area contributed by atoms with Gasteiger partial charge in [-0.15, -0.1) is 34.0 Å². The molecule has 3 amide bonds. The van der Waals surface area contributed by atoms with E-state index in [9.17, 15) is 34.2 Å². The number of thiophene rings is 3. The molecule has 0 radical (unpaired) electrons. The summed E-state index contributed by atoms with van der Waals surface area (Å²) in [6.07, 6.45) is 2.83. The van der Waals surface area contributed by atoms with Crippen LogP contribution in [0.25, 0.3) is 63.0 Å². The Morgan fingerprint density at radius 3 is 1.55 bits per heavy atom. The molecule has 11 aromatic rings. The summed E-state index contributed by atoms with van der Waals surface area (Å²) in [6.45, 7) is 7.20. The number of aliphatic hydroxyl groups excluding tert-OH is 2. The number of nitrogens with zero attached hydrogens (tertiary/aromatic N) is 6. The van der Waals surface area contributed by atoms with Crippen LogP contribution in [0.15, 0.2) is 95.1 Å². The molecule has 0 unspecified atom stereocenters. The number of rotatable bonds is 10. The number of ether oxygens (including phenoxy) is 2. The van der Waals surface area contributed by atoms with E-state index < -0.39 is 12.0 Å². The number of aliphatic hydroxyl groups is 2. The molecular weight excluding hydrogens is 1220 g/mol. The highest BCUT2D eigenvalue weighted by Crippen LogP contribution is 2.44. The highest BCUT2D eigenvalue weighted by Gasteiger charge is 2.28. The fraction of sp³-hybridized carbons (Fsp3) is 0.224. The molecule has 444 valence electrons. The molecule has 24 nitrogen and oxygen atoms in total. The van der Waals surface area contributed by atoms with Gasteiger partial charge in [-0.25, -0.2) is 19.9 Å². The molecule has 3 aliphatic rings. The molecule has 29 heteroatoms. The van der Waals surface area contributed by atoms with Crippen molar-refractivity contribution in [2.75, 3.05) is 41.3 Å². The predicted octanol–water partition coefficient (Wildman–Crippen LogP) is 8.58. The average molecular weight is 1270 g/mol. The number of amides is 3. The second kappa shape index (κ2) is 24.5. The lowest BCUT2D eigenvalue weighted by atomic mass is 10.1. The van der Waals surface area contributed by atoms with E-state index in [0.29, 0.717) is 62.3 Å². The van der Waals surface area contributed by atoms with Gasteiger partial charge >= 0.3 is 5.97 Å². The van der Waals surface area contributed by atoms with Crippen molar-refractivity contribution in [1.29, 1.82) is 0 Å². The Kier molecular flexibility index (Phi) is 16.5. The number of aromatic amines is 1. The number of pyridine rings is 3. The summed E-state index contributed by atoms with van der Waals surface area (Å²) in [5.41, 5.74) is 10.9. The molecule has 8 aromatic heterocycles. The summed E-state index contributed by atoms with van der Waals surface area (Å²) in [4.78, 5) is 90.2. The third-order valence-corrected chi connectivity index (χ3v) is 18.7. The Labute approximate surface area is 513 Å². The van der Waals surface area contributed by atoms with Gasteiger partial charge in [0.25, 0.3) is 17.7 Å². The van der Waals surface area contributed by atoms with E-state index in [2.05, 4.69) is 66.8 Å². The molecule has 12 N–H and O–H groups in total. The number of benzene rings is 3. The zero-order valence-corrected chi connectivity index (χ0v) is 50.1. The third kappa shape index (κ3) is 11.9. The van der Waals surface area contributed by atoms with Crippen LogP contribution in [-0.4, -0.2) is 123 Å². The Balaban J connectivity index is 0.000000132. The van der Waals surface area contributed by atoms with E-state index in [1.807, 2.05) is 75.4 Å². The first kappa shape index (κ1) is 58.5.